The van der Waals surface area contributed by atoms with Gasteiger partial charge < -0.3 is 0 Å². The van der Waals surface area contributed by atoms with Crippen molar-refractivity contribution >= 4 is 20.2 Å². The van der Waals surface area contributed by atoms with Crippen LogP contribution < -0.4 is 11.1 Å². The Morgan fingerprint density at radius 2 is 1.86 bits per heavy atom. The standard InChI is InChI=1S/C7H16.C4H10N2Se/c1-4-6-7(3)5-2;1-2-3-6-4(5)7/h7H,4-6H2,1-3H3;2-3H2,1H3,(H3,5,6,7). The predicted octanol–water partition coefficient (Wildman–Crippen LogP) is 2.03. The Morgan fingerprint density at radius 3 is 2.00 bits per heavy atom. The van der Waals surface area contributed by atoms with E-state index >= 15 is 0 Å². The van der Waals surface area contributed by atoms with Gasteiger partial charge in [0.25, 0.3) is 0 Å². The van der Waals surface area contributed by atoms with Crippen molar-refractivity contribution in [1.82, 2.24) is 5.32 Å². The summed E-state index contributed by atoms with van der Waals surface area (Å²) in [6.07, 6.45) is 5.20. The second-order valence-corrected chi connectivity index (χ2v) is 4.52. The summed E-state index contributed by atoms with van der Waals surface area (Å²) in [7, 11) is 0. The number of nitrogens with two attached hydrogens (primary N) is 1. The van der Waals surface area contributed by atoms with Crippen molar-refractivity contribution in [1.29, 1.82) is 0 Å². The fourth-order valence-electron chi connectivity index (χ4n) is 0.945. The van der Waals surface area contributed by atoms with Gasteiger partial charge in [-0.25, -0.2) is 0 Å². The van der Waals surface area contributed by atoms with Gasteiger partial charge in [0.1, 0.15) is 0 Å². The Hall–Kier alpha value is -0.0105. The average Bonchev–Trinajstić information content (AvgIpc) is 2.16. The van der Waals surface area contributed by atoms with Crippen LogP contribution in [-0.2, 0) is 0 Å². The molecule has 0 saturated heterocycles. The van der Waals surface area contributed by atoms with Crippen molar-refractivity contribution in [3.63, 3.8) is 0 Å². The molecule has 0 aromatic rings. The SMILES string of the molecule is CCCC(C)CC.CCCNC(N)=[Se]. The first-order valence-corrected chi connectivity index (χ1v) is 6.47. The van der Waals surface area contributed by atoms with Crippen molar-refractivity contribution in [2.45, 2.75) is 53.4 Å². The Bertz CT molecular complexity index is 126. The molecule has 0 aliphatic rings. The van der Waals surface area contributed by atoms with Gasteiger partial charge in [0.2, 0.25) is 0 Å². The van der Waals surface area contributed by atoms with Gasteiger partial charge in [0.15, 0.2) is 0 Å². The minimum absolute atomic E-state index is 0.682. The number of hydrogen-bond acceptors (Lipinski definition) is 2. The fraction of sp³-hybridized carbons (Fsp3) is 0.909. The molecule has 86 valence electrons. The van der Waals surface area contributed by atoms with Crippen LogP contribution in [0.3, 0.4) is 0 Å². The minimum atomic E-state index is 0.682. The van der Waals surface area contributed by atoms with Crippen LogP contribution in [0.15, 0.2) is 0 Å². The first-order valence-electron chi connectivity index (χ1n) is 5.61. The molecule has 0 bridgehead atoms. The topological polar surface area (TPSA) is 38.0 Å². The zero-order chi connectivity index (χ0) is 11.4. The maximum atomic E-state index is 5.23. The summed E-state index contributed by atoms with van der Waals surface area (Å²) in [6, 6.07) is 0. The van der Waals surface area contributed by atoms with Crippen molar-refractivity contribution in [3.05, 3.63) is 0 Å². The van der Waals surface area contributed by atoms with Crippen LogP contribution in [0.2, 0.25) is 0 Å². The van der Waals surface area contributed by atoms with Crippen LogP contribution >= 0.6 is 0 Å². The van der Waals surface area contributed by atoms with E-state index in [-0.39, 0.29) is 0 Å². The number of rotatable bonds is 6. The maximum absolute atomic E-state index is 5.23. The first kappa shape index (κ1) is 16.4. The van der Waals surface area contributed by atoms with E-state index in [0.29, 0.717) is 4.67 Å². The van der Waals surface area contributed by atoms with Gasteiger partial charge in [-0.1, -0.05) is 40.0 Å². The van der Waals surface area contributed by atoms with E-state index in [1.807, 2.05) is 0 Å². The van der Waals surface area contributed by atoms with E-state index in [1.165, 1.54) is 19.3 Å². The first-order chi connectivity index (χ1) is 6.58. The summed E-state index contributed by atoms with van der Waals surface area (Å²) >= 11 is 2.66. The molecule has 0 radical (unpaired) electrons. The van der Waals surface area contributed by atoms with Gasteiger partial charge in [-0.15, -0.1) is 0 Å². The molecule has 0 spiro atoms. The number of nitrogens with one attached hydrogen (secondary N) is 1. The second-order valence-electron chi connectivity index (χ2n) is 3.59. The van der Waals surface area contributed by atoms with Gasteiger partial charge in [0, 0.05) is 0 Å². The van der Waals surface area contributed by atoms with E-state index in [9.17, 15) is 0 Å². The third-order valence-corrected chi connectivity index (χ3v) is 2.33. The fourth-order valence-corrected chi connectivity index (χ4v) is 1.16. The Labute approximate surface area is 97.4 Å². The molecule has 2 nitrogen and oxygen atoms in total. The number of hydrogen-bond donors (Lipinski definition) is 2. The molecule has 14 heavy (non-hydrogen) atoms. The summed E-state index contributed by atoms with van der Waals surface area (Å²) in [5.74, 6) is 0.949. The molecule has 3 heteroatoms. The summed E-state index contributed by atoms with van der Waals surface area (Å²) < 4.78 is 0.682. The quantitative estimate of drug-likeness (QED) is 0.721. The molecule has 3 N–H and O–H groups in total. The third-order valence-electron chi connectivity index (χ3n) is 2.03. The molecular formula is C11H26N2Se. The van der Waals surface area contributed by atoms with Gasteiger partial charge in [0.05, 0.1) is 0 Å². The van der Waals surface area contributed by atoms with E-state index < -0.39 is 0 Å². The van der Waals surface area contributed by atoms with Crippen molar-refractivity contribution < 1.29 is 0 Å². The van der Waals surface area contributed by atoms with E-state index in [0.717, 1.165) is 18.9 Å². The van der Waals surface area contributed by atoms with Crippen LogP contribution in [0.4, 0.5) is 0 Å². The third kappa shape index (κ3) is 17.9. The van der Waals surface area contributed by atoms with Crippen LogP contribution in [0.5, 0.6) is 0 Å². The van der Waals surface area contributed by atoms with Crippen molar-refractivity contribution in [2.75, 3.05) is 6.54 Å². The van der Waals surface area contributed by atoms with E-state index in [2.05, 4.69) is 48.6 Å². The van der Waals surface area contributed by atoms with Gasteiger partial charge in [-0.05, 0) is 5.92 Å². The second kappa shape index (κ2) is 13.0. The van der Waals surface area contributed by atoms with Crippen molar-refractivity contribution in [3.8, 4) is 0 Å². The Morgan fingerprint density at radius 1 is 1.29 bits per heavy atom. The summed E-state index contributed by atoms with van der Waals surface area (Å²) in [5.41, 5.74) is 5.23. The van der Waals surface area contributed by atoms with E-state index in [4.69, 9.17) is 5.73 Å². The molecule has 0 fully saturated rings. The molecule has 0 aromatic heterocycles. The van der Waals surface area contributed by atoms with Crippen LogP contribution in [0.25, 0.3) is 0 Å². The molecule has 0 heterocycles. The van der Waals surface area contributed by atoms with Crippen LogP contribution in [0, 0.1) is 5.92 Å². The van der Waals surface area contributed by atoms with Gasteiger partial charge in [-0.3, -0.25) is 0 Å². The zero-order valence-electron chi connectivity index (χ0n) is 10.1. The summed E-state index contributed by atoms with van der Waals surface area (Å²) in [6.45, 7) is 9.85. The molecule has 0 aliphatic carbocycles. The summed E-state index contributed by atoms with van der Waals surface area (Å²) in [5, 5.41) is 2.93. The Kier molecular flexibility index (Phi) is 15.2. The molecule has 1 unspecified atom stereocenters. The monoisotopic (exact) mass is 266 g/mol. The van der Waals surface area contributed by atoms with Crippen LogP contribution in [-0.4, -0.2) is 26.8 Å². The molecule has 0 aromatic carbocycles. The molecule has 1 atom stereocenters. The van der Waals surface area contributed by atoms with E-state index in [1.54, 1.807) is 0 Å². The Balaban J connectivity index is 0. The molecular weight excluding hydrogens is 239 g/mol. The van der Waals surface area contributed by atoms with Gasteiger partial charge >= 0.3 is 51.2 Å². The average molecular weight is 265 g/mol. The summed E-state index contributed by atoms with van der Waals surface area (Å²) in [4.78, 5) is 0. The molecule has 0 rings (SSSR count). The predicted molar refractivity (Wildman–Crippen MR) is 67.6 cm³/mol. The van der Waals surface area contributed by atoms with Gasteiger partial charge in [-0.2, -0.15) is 0 Å². The van der Waals surface area contributed by atoms with Crippen molar-refractivity contribution in [2.24, 2.45) is 11.7 Å². The molecule has 0 amide bonds. The molecule has 0 aliphatic heterocycles. The zero-order valence-corrected chi connectivity index (χ0v) is 11.8. The normalized spacial score (nSPS) is 11.1. The van der Waals surface area contributed by atoms with Crippen LogP contribution in [0.1, 0.15) is 53.4 Å². The molecule has 0 saturated carbocycles.